The summed E-state index contributed by atoms with van der Waals surface area (Å²) in [4.78, 5) is 23.5. The third kappa shape index (κ3) is 16.1. The highest BCUT2D eigenvalue weighted by Gasteiger charge is 2.16. The van der Waals surface area contributed by atoms with Gasteiger partial charge >= 0.3 is 5.97 Å². The van der Waals surface area contributed by atoms with Crippen LogP contribution in [0, 0.1) is 0 Å². The summed E-state index contributed by atoms with van der Waals surface area (Å²) in [6.45, 7) is 5.40. The molecule has 0 saturated heterocycles. The minimum atomic E-state index is -0.891. The second-order valence-electron chi connectivity index (χ2n) is 6.19. The predicted molar refractivity (Wildman–Crippen MR) is 117 cm³/mol. The lowest BCUT2D eigenvalue weighted by molar-refractivity contribution is -0.139. The van der Waals surface area contributed by atoms with Gasteiger partial charge in [0.25, 0.3) is 5.78 Å². The Hall–Kier alpha value is -1.59. The molecule has 1 aromatic rings. The van der Waals surface area contributed by atoms with Gasteiger partial charge in [-0.2, -0.15) is 0 Å². The van der Waals surface area contributed by atoms with Crippen molar-refractivity contribution in [3.05, 3.63) is 35.9 Å². The normalized spacial score (nSPS) is 10.9. The van der Waals surface area contributed by atoms with Gasteiger partial charge in [-0.15, -0.1) is 11.6 Å². The van der Waals surface area contributed by atoms with Crippen molar-refractivity contribution in [2.24, 2.45) is 0 Å². The molecular formula is C22H33ClO9. The Morgan fingerprint density at radius 1 is 0.562 bits per heavy atom. The molecule has 0 heterocycles. The molecule has 10 heteroatoms. The largest absolute Gasteiger partial charge is 0.457 e. The van der Waals surface area contributed by atoms with Crippen LogP contribution in [0.5, 0.6) is 0 Å². The number of alkyl halides is 1. The van der Waals surface area contributed by atoms with E-state index < -0.39 is 11.8 Å². The molecule has 0 amide bonds. The number of rotatable bonds is 22. The molecule has 0 fully saturated rings. The summed E-state index contributed by atoms with van der Waals surface area (Å²) in [7, 11) is 0. The van der Waals surface area contributed by atoms with Crippen LogP contribution in [0.1, 0.15) is 10.4 Å². The Morgan fingerprint density at radius 3 is 1.34 bits per heavy atom. The maximum Gasteiger partial charge on any atom is 0.379 e. The molecule has 0 unspecified atom stereocenters. The fourth-order valence-electron chi connectivity index (χ4n) is 2.22. The van der Waals surface area contributed by atoms with Crippen LogP contribution in [-0.4, -0.2) is 104 Å². The van der Waals surface area contributed by atoms with Crippen molar-refractivity contribution in [1.29, 1.82) is 0 Å². The zero-order valence-electron chi connectivity index (χ0n) is 18.3. The number of esters is 1. The molecule has 0 aliphatic heterocycles. The highest BCUT2D eigenvalue weighted by molar-refractivity contribution is 6.40. The summed E-state index contributed by atoms with van der Waals surface area (Å²) < 4.78 is 36.8. The lowest BCUT2D eigenvalue weighted by Gasteiger charge is -2.08. The lowest BCUT2D eigenvalue weighted by atomic mass is 10.1. The van der Waals surface area contributed by atoms with E-state index >= 15 is 0 Å². The van der Waals surface area contributed by atoms with Crippen molar-refractivity contribution in [1.82, 2.24) is 0 Å². The standard InChI is InChI=1S/C22H33ClO9/c23-6-7-26-8-9-27-10-11-28-12-13-29-14-15-30-16-17-31-18-19-32-22(25)21(24)20-4-2-1-3-5-20/h1-5H,6-19H2. The van der Waals surface area contributed by atoms with Gasteiger partial charge in [-0.05, 0) is 0 Å². The molecule has 1 aromatic carbocycles. The molecule has 0 atom stereocenters. The molecule has 0 aliphatic rings. The van der Waals surface area contributed by atoms with E-state index in [4.69, 9.17) is 44.8 Å². The fourth-order valence-corrected chi connectivity index (χ4v) is 2.33. The van der Waals surface area contributed by atoms with Gasteiger partial charge in [0, 0.05) is 11.4 Å². The van der Waals surface area contributed by atoms with Crippen LogP contribution in [0.2, 0.25) is 0 Å². The summed E-state index contributed by atoms with van der Waals surface area (Å²) in [5.74, 6) is -1.07. The minimum Gasteiger partial charge on any atom is -0.457 e. The molecule has 0 aromatic heterocycles. The van der Waals surface area contributed by atoms with Crippen LogP contribution < -0.4 is 0 Å². The summed E-state index contributed by atoms with van der Waals surface area (Å²) in [6.07, 6.45) is 0. The monoisotopic (exact) mass is 476 g/mol. The van der Waals surface area contributed by atoms with Gasteiger partial charge < -0.3 is 33.2 Å². The summed E-state index contributed by atoms with van der Waals surface area (Å²) in [5.41, 5.74) is 0.301. The van der Waals surface area contributed by atoms with Crippen molar-refractivity contribution in [3.8, 4) is 0 Å². The summed E-state index contributed by atoms with van der Waals surface area (Å²) in [5, 5.41) is 0. The summed E-state index contributed by atoms with van der Waals surface area (Å²) >= 11 is 5.48. The maximum absolute atomic E-state index is 11.8. The zero-order valence-corrected chi connectivity index (χ0v) is 19.1. The average molecular weight is 477 g/mol. The first kappa shape index (κ1) is 28.4. The highest BCUT2D eigenvalue weighted by atomic mass is 35.5. The summed E-state index contributed by atoms with van der Waals surface area (Å²) in [6, 6.07) is 8.26. The molecule has 0 radical (unpaired) electrons. The van der Waals surface area contributed by atoms with Gasteiger partial charge in [-0.3, -0.25) is 4.79 Å². The van der Waals surface area contributed by atoms with E-state index in [-0.39, 0.29) is 13.2 Å². The lowest BCUT2D eigenvalue weighted by Crippen LogP contribution is -2.20. The first-order chi connectivity index (χ1) is 15.8. The molecule has 32 heavy (non-hydrogen) atoms. The third-order valence-corrected chi connectivity index (χ3v) is 3.92. The van der Waals surface area contributed by atoms with Crippen molar-refractivity contribution in [3.63, 3.8) is 0 Å². The Kier molecular flexibility index (Phi) is 18.9. The van der Waals surface area contributed by atoms with Gasteiger partial charge in [-0.25, -0.2) is 4.79 Å². The SMILES string of the molecule is O=C(OCCOCCOCCOCCOCCOCCOCCCl)C(=O)c1ccccc1. The molecule has 0 bridgehead atoms. The fraction of sp³-hybridized carbons (Fsp3) is 0.636. The molecular weight excluding hydrogens is 444 g/mol. The highest BCUT2D eigenvalue weighted by Crippen LogP contribution is 2.01. The van der Waals surface area contributed by atoms with E-state index in [1.165, 1.54) is 0 Å². The van der Waals surface area contributed by atoms with E-state index in [2.05, 4.69) is 0 Å². The number of benzene rings is 1. The Morgan fingerprint density at radius 2 is 0.938 bits per heavy atom. The van der Waals surface area contributed by atoms with Crippen LogP contribution in [0.4, 0.5) is 0 Å². The number of ether oxygens (including phenoxy) is 7. The maximum atomic E-state index is 11.8. The quantitative estimate of drug-likeness (QED) is 0.0814. The predicted octanol–water partition coefficient (Wildman–Crippen LogP) is 1.75. The minimum absolute atomic E-state index is 0.00731. The molecule has 1 rings (SSSR count). The third-order valence-electron chi connectivity index (χ3n) is 3.76. The molecule has 182 valence electrons. The second kappa shape index (κ2) is 21.3. The van der Waals surface area contributed by atoms with Crippen LogP contribution in [0.15, 0.2) is 30.3 Å². The topological polar surface area (TPSA) is 98.8 Å². The number of carbonyl (C=O) groups excluding carboxylic acids is 2. The van der Waals surface area contributed by atoms with E-state index in [1.807, 2.05) is 0 Å². The first-order valence-electron chi connectivity index (χ1n) is 10.5. The molecule has 9 nitrogen and oxygen atoms in total. The van der Waals surface area contributed by atoms with Crippen molar-refractivity contribution in [2.45, 2.75) is 0 Å². The van der Waals surface area contributed by atoms with Crippen LogP contribution >= 0.6 is 11.6 Å². The van der Waals surface area contributed by atoms with E-state index in [9.17, 15) is 9.59 Å². The number of hydrogen-bond donors (Lipinski definition) is 0. The average Bonchev–Trinajstić information content (AvgIpc) is 2.82. The zero-order chi connectivity index (χ0) is 23.1. The van der Waals surface area contributed by atoms with Gasteiger partial charge in [-0.1, -0.05) is 30.3 Å². The molecule has 0 spiro atoms. The Balaban J connectivity index is 1.77. The van der Waals surface area contributed by atoms with E-state index in [1.54, 1.807) is 30.3 Å². The first-order valence-corrected chi connectivity index (χ1v) is 11.1. The van der Waals surface area contributed by atoms with Crippen LogP contribution in [-0.2, 0) is 38.0 Å². The number of halogens is 1. The smallest absolute Gasteiger partial charge is 0.379 e. The molecule has 0 aliphatic carbocycles. The Bertz CT molecular complexity index is 586. The van der Waals surface area contributed by atoms with Gasteiger partial charge in [0.2, 0.25) is 0 Å². The van der Waals surface area contributed by atoms with E-state index in [0.717, 1.165) is 0 Å². The number of Topliss-reactive ketones (excluding diaryl/α,β-unsaturated/α-hetero) is 1. The molecule has 0 N–H and O–H groups in total. The van der Waals surface area contributed by atoms with Crippen molar-refractivity contribution < 1.29 is 42.7 Å². The van der Waals surface area contributed by atoms with Gasteiger partial charge in [0.15, 0.2) is 0 Å². The number of carbonyl (C=O) groups is 2. The van der Waals surface area contributed by atoms with Crippen molar-refractivity contribution in [2.75, 3.05) is 91.8 Å². The van der Waals surface area contributed by atoms with Crippen LogP contribution in [0.25, 0.3) is 0 Å². The van der Waals surface area contributed by atoms with Crippen LogP contribution in [0.3, 0.4) is 0 Å². The van der Waals surface area contributed by atoms with E-state index in [0.29, 0.717) is 84.1 Å². The van der Waals surface area contributed by atoms with Gasteiger partial charge in [0.1, 0.15) is 6.61 Å². The van der Waals surface area contributed by atoms with Crippen molar-refractivity contribution >= 4 is 23.4 Å². The molecule has 0 saturated carbocycles. The second-order valence-corrected chi connectivity index (χ2v) is 6.57. The number of ketones is 1. The van der Waals surface area contributed by atoms with Gasteiger partial charge in [0.05, 0.1) is 79.3 Å². The Labute approximate surface area is 194 Å². The number of hydrogen-bond acceptors (Lipinski definition) is 9.